The smallest absolute Gasteiger partial charge is 0.225 e. The number of carbonyl (C=O) groups is 1. The number of nitrogens with zero attached hydrogens (tertiary/aromatic N) is 3. The molecule has 0 bridgehead atoms. The van der Waals surface area contributed by atoms with Crippen LogP contribution in [0.2, 0.25) is 0 Å². The van der Waals surface area contributed by atoms with Crippen molar-refractivity contribution in [1.82, 2.24) is 14.8 Å². The van der Waals surface area contributed by atoms with Gasteiger partial charge in [-0.2, -0.15) is 0 Å². The Kier molecular flexibility index (Phi) is 5.02. The third-order valence-corrected chi connectivity index (χ3v) is 5.16. The van der Waals surface area contributed by atoms with Gasteiger partial charge in [0.1, 0.15) is 5.82 Å². The Morgan fingerprint density at radius 3 is 2.42 bits per heavy atom. The van der Waals surface area contributed by atoms with Crippen molar-refractivity contribution in [2.24, 2.45) is 0 Å². The highest BCUT2D eigenvalue weighted by Crippen LogP contribution is 2.41. The Labute approximate surface area is 156 Å². The molecule has 0 unspecified atom stereocenters. The quantitative estimate of drug-likeness (QED) is 0.636. The van der Waals surface area contributed by atoms with E-state index in [1.54, 1.807) is 11.8 Å². The lowest BCUT2D eigenvalue weighted by Gasteiger charge is -2.09. The summed E-state index contributed by atoms with van der Waals surface area (Å²) in [6, 6.07) is 19.7. The van der Waals surface area contributed by atoms with E-state index in [9.17, 15) is 4.79 Å². The molecule has 3 aromatic rings. The fourth-order valence-electron chi connectivity index (χ4n) is 2.78. The molecule has 1 fully saturated rings. The lowest BCUT2D eigenvalue weighted by Crippen LogP contribution is -2.12. The van der Waals surface area contributed by atoms with E-state index in [0.29, 0.717) is 18.1 Å². The molecule has 1 heterocycles. The molecule has 6 heteroatoms. The van der Waals surface area contributed by atoms with Crippen LogP contribution < -0.4 is 5.32 Å². The van der Waals surface area contributed by atoms with E-state index >= 15 is 0 Å². The molecule has 1 aromatic heterocycles. The molecule has 1 saturated carbocycles. The van der Waals surface area contributed by atoms with E-state index in [2.05, 4.69) is 32.2 Å². The second kappa shape index (κ2) is 7.74. The summed E-state index contributed by atoms with van der Waals surface area (Å²) in [5, 5.41) is 12.6. The number of rotatable bonds is 7. The van der Waals surface area contributed by atoms with Gasteiger partial charge in [-0.05, 0) is 37.1 Å². The number of nitrogens with one attached hydrogen (secondary N) is 1. The minimum absolute atomic E-state index is 0.0110. The summed E-state index contributed by atoms with van der Waals surface area (Å²) in [5.41, 5.74) is 1.90. The van der Waals surface area contributed by atoms with Crippen LogP contribution in [0.4, 0.5) is 5.69 Å². The van der Waals surface area contributed by atoms with Gasteiger partial charge in [-0.15, -0.1) is 10.2 Å². The third-order valence-electron chi connectivity index (χ3n) is 4.23. The van der Waals surface area contributed by atoms with Crippen molar-refractivity contribution in [3.63, 3.8) is 0 Å². The first kappa shape index (κ1) is 16.8. The number of hydrogen-bond acceptors (Lipinski definition) is 4. The standard InChI is InChI=1S/C20H20N4OS/c25-18(21-16-7-3-1-4-8-16)13-14-26-20-23-22-19(15-11-12-15)24(20)17-9-5-2-6-10-17/h1-10,15H,11-14H2,(H,21,25). The second-order valence-corrected chi connectivity index (χ2v) is 7.36. The van der Waals surface area contributed by atoms with Gasteiger partial charge in [0.15, 0.2) is 5.16 Å². The minimum Gasteiger partial charge on any atom is -0.326 e. The molecule has 0 spiro atoms. The largest absolute Gasteiger partial charge is 0.326 e. The Balaban J connectivity index is 1.41. The van der Waals surface area contributed by atoms with E-state index in [1.165, 1.54) is 12.8 Å². The monoisotopic (exact) mass is 364 g/mol. The minimum atomic E-state index is 0.0110. The van der Waals surface area contributed by atoms with Crippen LogP contribution in [0.5, 0.6) is 0 Å². The molecular formula is C20H20N4OS. The first-order valence-corrected chi connectivity index (χ1v) is 9.78. The molecule has 26 heavy (non-hydrogen) atoms. The van der Waals surface area contributed by atoms with Crippen molar-refractivity contribution in [3.05, 3.63) is 66.5 Å². The highest BCUT2D eigenvalue weighted by atomic mass is 32.2. The molecule has 5 nitrogen and oxygen atoms in total. The van der Waals surface area contributed by atoms with Crippen LogP contribution in [0.15, 0.2) is 65.8 Å². The number of benzene rings is 2. The number of amides is 1. The van der Waals surface area contributed by atoms with Gasteiger partial charge in [0.2, 0.25) is 5.91 Å². The van der Waals surface area contributed by atoms with E-state index in [4.69, 9.17) is 0 Å². The zero-order valence-corrected chi connectivity index (χ0v) is 15.2. The van der Waals surface area contributed by atoms with Gasteiger partial charge in [-0.1, -0.05) is 48.2 Å². The maximum Gasteiger partial charge on any atom is 0.225 e. The van der Waals surface area contributed by atoms with Crippen LogP contribution >= 0.6 is 11.8 Å². The zero-order valence-electron chi connectivity index (χ0n) is 14.3. The molecule has 0 aliphatic heterocycles. The lowest BCUT2D eigenvalue weighted by atomic mass is 10.3. The Morgan fingerprint density at radius 2 is 1.73 bits per heavy atom. The summed E-state index contributed by atoms with van der Waals surface area (Å²) in [4.78, 5) is 12.1. The zero-order chi connectivity index (χ0) is 17.8. The molecule has 4 rings (SSSR count). The van der Waals surface area contributed by atoms with Crippen molar-refractivity contribution < 1.29 is 4.79 Å². The van der Waals surface area contributed by atoms with E-state index in [-0.39, 0.29) is 5.91 Å². The number of hydrogen-bond donors (Lipinski definition) is 1. The molecule has 0 radical (unpaired) electrons. The van der Waals surface area contributed by atoms with Crippen molar-refractivity contribution in [2.75, 3.05) is 11.1 Å². The van der Waals surface area contributed by atoms with Gasteiger partial charge in [-0.3, -0.25) is 9.36 Å². The lowest BCUT2D eigenvalue weighted by molar-refractivity contribution is -0.115. The normalized spacial score (nSPS) is 13.5. The van der Waals surface area contributed by atoms with Gasteiger partial charge < -0.3 is 5.32 Å². The van der Waals surface area contributed by atoms with Crippen LogP contribution in [0, 0.1) is 0 Å². The van der Waals surface area contributed by atoms with Gasteiger partial charge in [0.05, 0.1) is 0 Å². The van der Waals surface area contributed by atoms with Crippen LogP contribution in [0.3, 0.4) is 0 Å². The summed E-state index contributed by atoms with van der Waals surface area (Å²) < 4.78 is 2.14. The Bertz CT molecular complexity index is 875. The average Bonchev–Trinajstić information content (AvgIpc) is 3.43. The van der Waals surface area contributed by atoms with Crippen LogP contribution in [0.25, 0.3) is 5.69 Å². The first-order chi connectivity index (χ1) is 12.8. The molecule has 1 amide bonds. The Hall–Kier alpha value is -2.60. The number of para-hydroxylation sites is 2. The molecule has 1 aliphatic rings. The summed E-state index contributed by atoms with van der Waals surface area (Å²) in [5.74, 6) is 2.22. The highest BCUT2D eigenvalue weighted by Gasteiger charge is 2.30. The van der Waals surface area contributed by atoms with Crippen LogP contribution in [0.1, 0.15) is 31.0 Å². The second-order valence-electron chi connectivity index (χ2n) is 6.30. The fraction of sp³-hybridized carbons (Fsp3) is 0.250. The van der Waals surface area contributed by atoms with Crippen molar-refractivity contribution >= 4 is 23.4 Å². The van der Waals surface area contributed by atoms with Crippen molar-refractivity contribution in [2.45, 2.75) is 30.3 Å². The molecule has 0 saturated heterocycles. The fourth-order valence-corrected chi connectivity index (χ4v) is 3.68. The van der Waals surface area contributed by atoms with Gasteiger partial charge in [-0.25, -0.2) is 0 Å². The number of anilines is 1. The molecule has 132 valence electrons. The number of thioether (sulfide) groups is 1. The van der Waals surface area contributed by atoms with Crippen LogP contribution in [-0.2, 0) is 4.79 Å². The molecule has 0 atom stereocenters. The summed E-state index contributed by atoms with van der Waals surface area (Å²) in [6.07, 6.45) is 2.78. The maximum absolute atomic E-state index is 12.1. The summed E-state index contributed by atoms with van der Waals surface area (Å²) in [7, 11) is 0. The van der Waals surface area contributed by atoms with E-state index < -0.39 is 0 Å². The first-order valence-electron chi connectivity index (χ1n) is 8.80. The van der Waals surface area contributed by atoms with Gasteiger partial charge in [0, 0.05) is 29.5 Å². The third kappa shape index (κ3) is 3.96. The molecule has 2 aromatic carbocycles. The van der Waals surface area contributed by atoms with Gasteiger partial charge >= 0.3 is 0 Å². The Morgan fingerprint density at radius 1 is 1.04 bits per heavy atom. The number of aromatic nitrogens is 3. The van der Waals surface area contributed by atoms with Gasteiger partial charge in [0.25, 0.3) is 0 Å². The topological polar surface area (TPSA) is 59.8 Å². The average molecular weight is 364 g/mol. The number of carbonyl (C=O) groups excluding carboxylic acids is 1. The summed E-state index contributed by atoms with van der Waals surface area (Å²) >= 11 is 1.58. The summed E-state index contributed by atoms with van der Waals surface area (Å²) in [6.45, 7) is 0. The molecule has 1 N–H and O–H groups in total. The maximum atomic E-state index is 12.1. The SMILES string of the molecule is O=C(CCSc1nnc(C2CC2)n1-c1ccccc1)Nc1ccccc1. The molecular weight excluding hydrogens is 344 g/mol. The predicted molar refractivity (Wildman–Crippen MR) is 104 cm³/mol. The predicted octanol–water partition coefficient (Wildman–Crippen LogP) is 4.27. The molecule has 1 aliphatic carbocycles. The van der Waals surface area contributed by atoms with Crippen LogP contribution in [-0.4, -0.2) is 26.4 Å². The highest BCUT2D eigenvalue weighted by molar-refractivity contribution is 7.99. The van der Waals surface area contributed by atoms with Crippen molar-refractivity contribution in [3.8, 4) is 5.69 Å². The van der Waals surface area contributed by atoms with E-state index in [0.717, 1.165) is 22.4 Å². The van der Waals surface area contributed by atoms with E-state index in [1.807, 2.05) is 48.5 Å². The van der Waals surface area contributed by atoms with Crippen molar-refractivity contribution in [1.29, 1.82) is 0 Å².